The number of piperidine rings is 1. The maximum absolute atomic E-state index is 13.6. The molecule has 0 bridgehead atoms. The average molecular weight is 539 g/mol. The van der Waals surface area contributed by atoms with Crippen molar-refractivity contribution in [3.05, 3.63) is 54.3 Å². The molecular formula is C21H27FIN7O. The molecule has 1 aromatic carbocycles. The molecular weight excluding hydrogens is 512 g/mol. The minimum Gasteiger partial charge on any atom is -0.461 e. The molecule has 1 aliphatic rings. The summed E-state index contributed by atoms with van der Waals surface area (Å²) >= 11 is 0. The highest BCUT2D eigenvalue weighted by Crippen LogP contribution is 2.20. The number of aliphatic imine (C=N–C) groups is 1. The number of nitrogens with zero attached hydrogens (tertiary/aromatic N) is 4. The number of nitrogens with one attached hydrogen (secondary N) is 3. The van der Waals surface area contributed by atoms with E-state index >= 15 is 0 Å². The topological polar surface area (TPSA) is 94.4 Å². The maximum Gasteiger partial charge on any atom is 0.216 e. The zero-order chi connectivity index (χ0) is 20.8. The predicted octanol–water partition coefficient (Wildman–Crippen LogP) is 3.20. The molecule has 3 heterocycles. The number of anilines is 1. The Labute approximate surface area is 197 Å². The lowest BCUT2D eigenvalue weighted by atomic mass is 10.0. The van der Waals surface area contributed by atoms with Crippen LogP contribution in [0.5, 0.6) is 0 Å². The normalized spacial score (nSPS) is 16.6. The van der Waals surface area contributed by atoms with E-state index in [1.165, 1.54) is 6.07 Å². The molecule has 2 aromatic heterocycles. The molecule has 0 amide bonds. The Morgan fingerprint density at radius 1 is 1.35 bits per heavy atom. The first-order valence-corrected chi connectivity index (χ1v) is 10.1. The lowest BCUT2D eigenvalue weighted by Crippen LogP contribution is -2.51. The first-order chi connectivity index (χ1) is 14.7. The molecule has 1 unspecified atom stereocenters. The first kappa shape index (κ1) is 23.0. The van der Waals surface area contributed by atoms with E-state index in [0.29, 0.717) is 24.6 Å². The summed E-state index contributed by atoms with van der Waals surface area (Å²) < 4.78 is 18.9. The number of rotatable bonds is 6. The number of hydrogen-bond donors (Lipinski definition) is 3. The van der Waals surface area contributed by atoms with Gasteiger partial charge in [-0.2, -0.15) is 5.10 Å². The minimum atomic E-state index is -0.206. The van der Waals surface area contributed by atoms with E-state index in [1.54, 1.807) is 25.4 Å². The smallest absolute Gasteiger partial charge is 0.216 e. The Hall–Kier alpha value is -2.63. The highest BCUT2D eigenvalue weighted by atomic mass is 127. The van der Waals surface area contributed by atoms with E-state index < -0.39 is 0 Å². The summed E-state index contributed by atoms with van der Waals surface area (Å²) in [5.74, 6) is 2.51. The molecule has 8 nitrogen and oxygen atoms in total. The number of benzene rings is 1. The van der Waals surface area contributed by atoms with E-state index in [1.807, 2.05) is 18.2 Å². The molecule has 3 N–H and O–H groups in total. The van der Waals surface area contributed by atoms with Gasteiger partial charge in [0, 0.05) is 44.8 Å². The zero-order valence-corrected chi connectivity index (χ0v) is 19.7. The second-order valence-electron chi connectivity index (χ2n) is 7.24. The van der Waals surface area contributed by atoms with E-state index in [9.17, 15) is 4.39 Å². The molecule has 0 radical (unpaired) electrons. The lowest BCUT2D eigenvalue weighted by molar-refractivity contribution is 0.467. The molecule has 10 heteroatoms. The first-order valence-electron chi connectivity index (χ1n) is 10.1. The fourth-order valence-electron chi connectivity index (χ4n) is 3.61. The standard InChI is InChI=1S/C21H26FN7O.HI/c1-23-21(24-10-9-19-26-20(28-27-19)18-8-4-12-30-18)25-16-6-3-11-29(14-16)17-7-2-5-15(22)13-17;/h2,4-5,7-8,12-13,16H,3,6,9-11,14H2,1H3,(H2,23,24,25)(H,26,27,28);1H. The van der Waals surface area contributed by atoms with Crippen molar-refractivity contribution in [2.45, 2.75) is 25.3 Å². The van der Waals surface area contributed by atoms with Gasteiger partial charge >= 0.3 is 0 Å². The zero-order valence-electron chi connectivity index (χ0n) is 17.3. The van der Waals surface area contributed by atoms with Crippen molar-refractivity contribution in [2.24, 2.45) is 4.99 Å². The Balaban J connectivity index is 0.00000272. The van der Waals surface area contributed by atoms with Crippen LogP contribution < -0.4 is 15.5 Å². The third-order valence-electron chi connectivity index (χ3n) is 5.09. The van der Waals surface area contributed by atoms with Gasteiger partial charge in [-0.15, -0.1) is 24.0 Å². The summed E-state index contributed by atoms with van der Waals surface area (Å²) in [4.78, 5) is 11.0. The second-order valence-corrected chi connectivity index (χ2v) is 7.24. The van der Waals surface area contributed by atoms with Crippen molar-refractivity contribution >= 4 is 35.6 Å². The number of aromatic nitrogens is 3. The van der Waals surface area contributed by atoms with Crippen LogP contribution in [-0.2, 0) is 6.42 Å². The SMILES string of the molecule is CN=C(NCCc1nc(-c2ccco2)n[nH]1)NC1CCCN(c2cccc(F)c2)C1.I. The summed E-state index contributed by atoms with van der Waals surface area (Å²) in [6, 6.07) is 10.6. The van der Waals surface area contributed by atoms with Gasteiger partial charge in [0.2, 0.25) is 5.82 Å². The molecule has 1 saturated heterocycles. The fourth-order valence-corrected chi connectivity index (χ4v) is 3.61. The Kier molecular flexibility index (Phi) is 8.27. The number of halogens is 2. The molecule has 0 aliphatic carbocycles. The Bertz CT molecular complexity index is 976. The highest BCUT2D eigenvalue weighted by molar-refractivity contribution is 14.0. The van der Waals surface area contributed by atoms with Gasteiger partial charge in [0.1, 0.15) is 11.6 Å². The molecule has 1 atom stereocenters. The second kappa shape index (κ2) is 11.1. The van der Waals surface area contributed by atoms with Crippen molar-refractivity contribution in [1.29, 1.82) is 0 Å². The molecule has 3 aromatic rings. The highest BCUT2D eigenvalue weighted by Gasteiger charge is 2.21. The van der Waals surface area contributed by atoms with Crippen molar-refractivity contribution in [3.8, 4) is 11.6 Å². The van der Waals surface area contributed by atoms with Gasteiger partial charge in [-0.05, 0) is 43.2 Å². The predicted molar refractivity (Wildman–Crippen MR) is 129 cm³/mol. The van der Waals surface area contributed by atoms with Crippen LogP contribution in [0.2, 0.25) is 0 Å². The number of aromatic amines is 1. The largest absolute Gasteiger partial charge is 0.461 e. The summed E-state index contributed by atoms with van der Waals surface area (Å²) in [5.41, 5.74) is 0.919. The molecule has 166 valence electrons. The summed E-state index contributed by atoms with van der Waals surface area (Å²) in [5, 5.41) is 13.9. The van der Waals surface area contributed by atoms with Gasteiger partial charge in [-0.1, -0.05) is 6.07 Å². The number of furan rings is 1. The van der Waals surface area contributed by atoms with Crippen LogP contribution in [0.4, 0.5) is 10.1 Å². The van der Waals surface area contributed by atoms with Gasteiger partial charge in [-0.25, -0.2) is 9.37 Å². The van der Waals surface area contributed by atoms with E-state index in [-0.39, 0.29) is 35.8 Å². The number of H-pyrrole nitrogens is 1. The summed E-state index contributed by atoms with van der Waals surface area (Å²) in [6.45, 7) is 2.39. The minimum absolute atomic E-state index is 0. The van der Waals surface area contributed by atoms with Gasteiger partial charge in [0.15, 0.2) is 11.7 Å². The Morgan fingerprint density at radius 3 is 3.03 bits per heavy atom. The van der Waals surface area contributed by atoms with Gasteiger partial charge in [0.05, 0.1) is 6.26 Å². The maximum atomic E-state index is 13.6. The monoisotopic (exact) mass is 539 g/mol. The average Bonchev–Trinajstić information content (AvgIpc) is 3.45. The van der Waals surface area contributed by atoms with Gasteiger partial charge < -0.3 is 20.0 Å². The third kappa shape index (κ3) is 6.18. The van der Waals surface area contributed by atoms with Crippen LogP contribution in [0.15, 0.2) is 52.1 Å². The molecule has 1 fully saturated rings. The van der Waals surface area contributed by atoms with Crippen LogP contribution >= 0.6 is 24.0 Å². The Morgan fingerprint density at radius 2 is 2.26 bits per heavy atom. The van der Waals surface area contributed by atoms with E-state index in [2.05, 4.69) is 35.7 Å². The molecule has 0 spiro atoms. The van der Waals surface area contributed by atoms with Crippen molar-refractivity contribution in [1.82, 2.24) is 25.8 Å². The van der Waals surface area contributed by atoms with Crippen molar-refractivity contribution in [3.63, 3.8) is 0 Å². The fraction of sp³-hybridized carbons (Fsp3) is 0.381. The van der Waals surface area contributed by atoms with E-state index in [4.69, 9.17) is 4.42 Å². The van der Waals surface area contributed by atoms with Gasteiger partial charge in [0.25, 0.3) is 0 Å². The molecule has 1 aliphatic heterocycles. The van der Waals surface area contributed by atoms with Crippen LogP contribution in [0.3, 0.4) is 0 Å². The van der Waals surface area contributed by atoms with Gasteiger partial charge in [-0.3, -0.25) is 10.1 Å². The third-order valence-corrected chi connectivity index (χ3v) is 5.09. The molecule has 0 saturated carbocycles. The van der Waals surface area contributed by atoms with Crippen molar-refractivity contribution in [2.75, 3.05) is 31.6 Å². The van der Waals surface area contributed by atoms with Crippen molar-refractivity contribution < 1.29 is 8.81 Å². The molecule has 31 heavy (non-hydrogen) atoms. The van der Waals surface area contributed by atoms with Crippen LogP contribution in [-0.4, -0.2) is 53.9 Å². The lowest BCUT2D eigenvalue weighted by Gasteiger charge is -2.35. The number of guanidine groups is 1. The van der Waals surface area contributed by atoms with Crippen LogP contribution in [0, 0.1) is 5.82 Å². The van der Waals surface area contributed by atoms with E-state index in [0.717, 1.165) is 43.4 Å². The number of hydrogen-bond acceptors (Lipinski definition) is 5. The summed E-state index contributed by atoms with van der Waals surface area (Å²) in [6.07, 6.45) is 4.36. The van der Waals surface area contributed by atoms with Crippen LogP contribution in [0.1, 0.15) is 18.7 Å². The van der Waals surface area contributed by atoms with Crippen LogP contribution in [0.25, 0.3) is 11.6 Å². The quantitative estimate of drug-likeness (QED) is 0.253. The molecule has 4 rings (SSSR count). The summed E-state index contributed by atoms with van der Waals surface area (Å²) in [7, 11) is 1.76.